The Morgan fingerprint density at radius 1 is 1.05 bits per heavy atom. The molecule has 0 aliphatic heterocycles. The van der Waals surface area contributed by atoms with E-state index in [1.54, 1.807) is 44.2 Å². The maximum Gasteiger partial charge on any atom is 0.343 e. The highest BCUT2D eigenvalue weighted by molar-refractivity contribution is 9.10. The van der Waals surface area contributed by atoms with E-state index in [1.807, 2.05) is 6.07 Å². The van der Waals surface area contributed by atoms with E-state index < -0.39 is 11.2 Å². The molecule has 5 heteroatoms. The van der Waals surface area contributed by atoms with E-state index in [4.69, 9.17) is 16.3 Å². The lowest BCUT2D eigenvalue weighted by Crippen LogP contribution is -2.10. The van der Waals surface area contributed by atoms with Crippen molar-refractivity contribution in [1.82, 2.24) is 0 Å². The first-order valence-electron chi connectivity index (χ1n) is 6.17. The number of carbonyl (C=O) groups is 2. The van der Waals surface area contributed by atoms with E-state index in [0.717, 1.165) is 4.47 Å². The van der Waals surface area contributed by atoms with Gasteiger partial charge in [0.25, 0.3) is 5.24 Å². The Labute approximate surface area is 136 Å². The summed E-state index contributed by atoms with van der Waals surface area (Å²) in [6.07, 6.45) is 0. The molecule has 0 N–H and O–H groups in total. The minimum atomic E-state index is -0.536. The quantitative estimate of drug-likeness (QED) is 0.450. The van der Waals surface area contributed by atoms with Gasteiger partial charge in [0.1, 0.15) is 5.75 Å². The van der Waals surface area contributed by atoms with Crippen LogP contribution in [0.3, 0.4) is 0 Å². The van der Waals surface area contributed by atoms with E-state index in [1.165, 1.54) is 0 Å². The standard InChI is InChI=1S/C16H12BrClO3/c1-9-6-12(15(18)19)7-10(2)14(9)21-16(20)11-4-3-5-13(17)8-11/h3-8H,1-2H3. The molecule has 0 aromatic heterocycles. The topological polar surface area (TPSA) is 43.4 Å². The van der Waals surface area contributed by atoms with Crippen LogP contribution in [0.4, 0.5) is 0 Å². The normalized spacial score (nSPS) is 10.3. The first kappa shape index (κ1) is 15.7. The Balaban J connectivity index is 2.32. The third-order valence-electron chi connectivity index (χ3n) is 2.94. The first-order valence-corrected chi connectivity index (χ1v) is 7.34. The van der Waals surface area contributed by atoms with Crippen LogP contribution in [0.25, 0.3) is 0 Å². The van der Waals surface area contributed by atoms with Gasteiger partial charge < -0.3 is 4.74 Å². The van der Waals surface area contributed by atoms with Crippen LogP contribution >= 0.6 is 27.5 Å². The molecule has 21 heavy (non-hydrogen) atoms. The number of carbonyl (C=O) groups excluding carboxylic acids is 2. The molecule has 0 fully saturated rings. The monoisotopic (exact) mass is 366 g/mol. The minimum absolute atomic E-state index is 0.383. The lowest BCUT2D eigenvalue weighted by Gasteiger charge is -2.11. The van der Waals surface area contributed by atoms with Gasteiger partial charge in [-0.2, -0.15) is 0 Å². The smallest absolute Gasteiger partial charge is 0.343 e. The zero-order valence-electron chi connectivity index (χ0n) is 11.4. The summed E-state index contributed by atoms with van der Waals surface area (Å²) in [5, 5.41) is -0.536. The fourth-order valence-electron chi connectivity index (χ4n) is 1.99. The molecule has 0 spiro atoms. The van der Waals surface area contributed by atoms with Crippen LogP contribution in [-0.2, 0) is 0 Å². The molecule has 0 atom stereocenters. The summed E-state index contributed by atoms with van der Waals surface area (Å²) in [6.45, 7) is 3.53. The molecule has 0 unspecified atom stereocenters. The number of hydrogen-bond donors (Lipinski definition) is 0. The third-order valence-corrected chi connectivity index (χ3v) is 3.65. The van der Waals surface area contributed by atoms with Gasteiger partial charge in [-0.25, -0.2) is 4.79 Å². The number of ether oxygens (including phenoxy) is 1. The highest BCUT2D eigenvalue weighted by atomic mass is 79.9. The van der Waals surface area contributed by atoms with Gasteiger partial charge >= 0.3 is 5.97 Å². The molecule has 0 heterocycles. The molecule has 2 aromatic carbocycles. The van der Waals surface area contributed by atoms with Crippen LogP contribution in [-0.4, -0.2) is 11.2 Å². The molecule has 0 saturated carbocycles. The summed E-state index contributed by atoms with van der Waals surface area (Å²) in [4.78, 5) is 23.3. The van der Waals surface area contributed by atoms with Gasteiger partial charge in [-0.15, -0.1) is 0 Å². The summed E-state index contributed by atoms with van der Waals surface area (Å²) in [6, 6.07) is 10.2. The molecule has 0 radical (unpaired) electrons. The van der Waals surface area contributed by atoms with Crippen molar-refractivity contribution >= 4 is 38.7 Å². The average Bonchev–Trinajstić information content (AvgIpc) is 2.42. The number of benzene rings is 2. The van der Waals surface area contributed by atoms with Crippen molar-refractivity contribution in [2.45, 2.75) is 13.8 Å². The van der Waals surface area contributed by atoms with Crippen LogP contribution in [0.5, 0.6) is 5.75 Å². The van der Waals surface area contributed by atoms with E-state index in [9.17, 15) is 9.59 Å². The second-order valence-electron chi connectivity index (χ2n) is 4.61. The zero-order valence-corrected chi connectivity index (χ0v) is 13.8. The molecule has 2 rings (SSSR count). The lowest BCUT2D eigenvalue weighted by atomic mass is 10.1. The summed E-state index contributed by atoms with van der Waals surface area (Å²) in [5.74, 6) is -0.00547. The van der Waals surface area contributed by atoms with Crippen molar-refractivity contribution in [2.24, 2.45) is 0 Å². The van der Waals surface area contributed by atoms with Crippen molar-refractivity contribution in [1.29, 1.82) is 0 Å². The van der Waals surface area contributed by atoms with Gasteiger partial charge in [-0.3, -0.25) is 4.79 Å². The summed E-state index contributed by atoms with van der Waals surface area (Å²) in [7, 11) is 0. The summed E-state index contributed by atoms with van der Waals surface area (Å²) in [5.41, 5.74) is 2.19. The highest BCUT2D eigenvalue weighted by Gasteiger charge is 2.15. The van der Waals surface area contributed by atoms with Crippen LogP contribution in [0.2, 0.25) is 0 Å². The number of halogens is 2. The van der Waals surface area contributed by atoms with Gasteiger partial charge in [0.2, 0.25) is 0 Å². The molecule has 0 aliphatic carbocycles. The number of aryl methyl sites for hydroxylation is 2. The number of esters is 1. The Kier molecular flexibility index (Phi) is 4.80. The minimum Gasteiger partial charge on any atom is -0.422 e. The maximum absolute atomic E-state index is 12.2. The van der Waals surface area contributed by atoms with Crippen molar-refractivity contribution in [2.75, 3.05) is 0 Å². The van der Waals surface area contributed by atoms with E-state index in [0.29, 0.717) is 28.0 Å². The molecular weight excluding hydrogens is 356 g/mol. The van der Waals surface area contributed by atoms with Crippen molar-refractivity contribution in [3.8, 4) is 5.75 Å². The fraction of sp³-hybridized carbons (Fsp3) is 0.125. The molecule has 0 aliphatic rings. The van der Waals surface area contributed by atoms with Crippen molar-refractivity contribution < 1.29 is 14.3 Å². The number of hydrogen-bond acceptors (Lipinski definition) is 3. The molecule has 0 saturated heterocycles. The van der Waals surface area contributed by atoms with Crippen LogP contribution in [0, 0.1) is 13.8 Å². The van der Waals surface area contributed by atoms with E-state index in [-0.39, 0.29) is 0 Å². The number of rotatable bonds is 3. The predicted octanol–water partition coefficient (Wildman–Crippen LogP) is 4.66. The molecule has 3 nitrogen and oxygen atoms in total. The SMILES string of the molecule is Cc1cc(C(=O)Cl)cc(C)c1OC(=O)c1cccc(Br)c1. The first-order chi connectivity index (χ1) is 9.88. The molecule has 2 aromatic rings. The second kappa shape index (κ2) is 6.41. The maximum atomic E-state index is 12.2. The third kappa shape index (κ3) is 3.71. The van der Waals surface area contributed by atoms with Crippen LogP contribution in [0.1, 0.15) is 31.8 Å². The highest BCUT2D eigenvalue weighted by Crippen LogP contribution is 2.26. The van der Waals surface area contributed by atoms with Gasteiger partial charge in [0.05, 0.1) is 5.56 Å². The van der Waals surface area contributed by atoms with E-state index in [2.05, 4.69) is 15.9 Å². The summed E-state index contributed by atoms with van der Waals surface area (Å²) >= 11 is 8.78. The lowest BCUT2D eigenvalue weighted by molar-refractivity contribution is 0.0732. The van der Waals surface area contributed by atoms with Gasteiger partial charge in [-0.1, -0.05) is 22.0 Å². The molecule has 108 valence electrons. The molecule has 0 bridgehead atoms. The average molecular weight is 368 g/mol. The predicted molar refractivity (Wildman–Crippen MR) is 85.2 cm³/mol. The molecule has 0 amide bonds. The van der Waals surface area contributed by atoms with Gasteiger partial charge in [-0.05, 0) is 66.9 Å². The Hall–Kier alpha value is -1.65. The Morgan fingerprint density at radius 2 is 1.67 bits per heavy atom. The van der Waals surface area contributed by atoms with Gasteiger partial charge in [0, 0.05) is 10.0 Å². The van der Waals surface area contributed by atoms with E-state index >= 15 is 0 Å². The van der Waals surface area contributed by atoms with Crippen molar-refractivity contribution in [3.63, 3.8) is 0 Å². The van der Waals surface area contributed by atoms with Crippen molar-refractivity contribution in [3.05, 3.63) is 63.1 Å². The van der Waals surface area contributed by atoms with Crippen LogP contribution in [0.15, 0.2) is 40.9 Å². The second-order valence-corrected chi connectivity index (χ2v) is 5.87. The molecular formula is C16H12BrClO3. The summed E-state index contributed by atoms with van der Waals surface area (Å²) < 4.78 is 6.24. The largest absolute Gasteiger partial charge is 0.422 e. The van der Waals surface area contributed by atoms with Crippen LogP contribution < -0.4 is 4.74 Å². The van der Waals surface area contributed by atoms with Gasteiger partial charge in [0.15, 0.2) is 0 Å². The fourth-order valence-corrected chi connectivity index (χ4v) is 2.50. The zero-order chi connectivity index (χ0) is 15.6. The Morgan fingerprint density at radius 3 is 2.19 bits per heavy atom. The Bertz CT molecular complexity index is 702.